The number of hydrogen-bond acceptors (Lipinski definition) is 3. The average molecular weight is 876 g/mol. The van der Waals surface area contributed by atoms with E-state index in [1.165, 1.54) is 33.4 Å². The van der Waals surface area contributed by atoms with Gasteiger partial charge >= 0.3 is 0 Å². The third-order valence-electron chi connectivity index (χ3n) is 14.1. The first-order chi connectivity index (χ1) is 31.8. The molecule has 0 amide bonds. The normalized spacial score (nSPS) is 13.5. The predicted molar refractivity (Wildman–Crippen MR) is 281 cm³/mol. The van der Waals surface area contributed by atoms with Crippen molar-refractivity contribution in [3.8, 4) is 78.6 Å². The van der Waals surface area contributed by atoms with Crippen molar-refractivity contribution in [2.45, 2.75) is 97.8 Å². The molecule has 0 atom stereocenters. The van der Waals surface area contributed by atoms with Gasteiger partial charge in [0.05, 0.1) is 28.0 Å². The highest BCUT2D eigenvalue weighted by atomic mass is 16.3. The maximum Gasteiger partial charge on any atom is 0.149 e. The lowest BCUT2D eigenvalue weighted by molar-refractivity contribution is 0.474. The maximum absolute atomic E-state index is 12.3. The summed E-state index contributed by atoms with van der Waals surface area (Å²) in [5.74, 6) is 0.894. The summed E-state index contributed by atoms with van der Waals surface area (Å²) in [5, 5.41) is 12.3. The molecule has 0 spiro atoms. The Kier molecular flexibility index (Phi) is 10.3. The Labute approximate surface area is 397 Å². The number of hydrogen-bond donors (Lipinski definition) is 1. The minimum Gasteiger partial charge on any atom is -0.507 e. The summed E-state index contributed by atoms with van der Waals surface area (Å²) < 4.78 is 2.28. The van der Waals surface area contributed by atoms with Crippen molar-refractivity contribution in [1.82, 2.24) is 14.5 Å². The third kappa shape index (κ3) is 7.76. The van der Waals surface area contributed by atoms with Crippen LogP contribution >= 0.6 is 0 Å². The molecule has 0 saturated heterocycles. The number of pyridine rings is 1. The van der Waals surface area contributed by atoms with Crippen molar-refractivity contribution >= 4 is 11.0 Å². The van der Waals surface area contributed by atoms with E-state index < -0.39 is 0 Å². The molecule has 0 aliphatic heterocycles. The van der Waals surface area contributed by atoms with Crippen molar-refractivity contribution in [2.24, 2.45) is 0 Å². The fourth-order valence-corrected chi connectivity index (χ4v) is 10.0. The summed E-state index contributed by atoms with van der Waals surface area (Å²) in [6.45, 7) is 24.8. The zero-order chi connectivity index (χ0) is 47.2. The second kappa shape index (κ2) is 15.8. The van der Waals surface area contributed by atoms with E-state index in [4.69, 9.17) is 9.97 Å². The lowest BCUT2D eigenvalue weighted by Gasteiger charge is -2.23. The van der Waals surface area contributed by atoms with E-state index in [-0.39, 0.29) is 27.4 Å². The third-order valence-corrected chi connectivity index (χ3v) is 14.1. The van der Waals surface area contributed by atoms with Gasteiger partial charge in [0.15, 0.2) is 0 Å². The monoisotopic (exact) mass is 875 g/mol. The smallest absolute Gasteiger partial charge is 0.149 e. The SMILES string of the molecule is CC(C)(C)c1ccc(-c2ccnc(-c3cc(-c4cccc5c4nc(-c4cc6c(cc4O)C(C)(C)c4ccccc4-6)n5-c4ccc(C(C)(C)C)cc4-c4ccccc4)cc(C(C)(C)C)c3)c2)cc1. The lowest BCUT2D eigenvalue weighted by Crippen LogP contribution is -2.14. The van der Waals surface area contributed by atoms with E-state index in [1.54, 1.807) is 0 Å². The van der Waals surface area contributed by atoms with Crippen LogP contribution in [0.5, 0.6) is 5.75 Å². The van der Waals surface area contributed by atoms with Crippen molar-refractivity contribution < 1.29 is 5.11 Å². The molecule has 10 rings (SSSR count). The number of fused-ring (bicyclic) bond motifs is 4. The molecule has 9 aromatic rings. The van der Waals surface area contributed by atoms with Gasteiger partial charge in [-0.15, -0.1) is 0 Å². The molecule has 0 radical (unpaired) electrons. The Morgan fingerprint density at radius 3 is 1.82 bits per heavy atom. The van der Waals surface area contributed by atoms with Crippen molar-refractivity contribution in [1.29, 1.82) is 0 Å². The van der Waals surface area contributed by atoms with Crippen LogP contribution in [0.4, 0.5) is 0 Å². The molecule has 2 heterocycles. The summed E-state index contributed by atoms with van der Waals surface area (Å²) in [6, 6.07) is 56.9. The summed E-state index contributed by atoms with van der Waals surface area (Å²) >= 11 is 0. The first-order valence-corrected chi connectivity index (χ1v) is 23.7. The van der Waals surface area contributed by atoms with Gasteiger partial charge in [0.25, 0.3) is 0 Å². The van der Waals surface area contributed by atoms with Gasteiger partial charge in [-0.2, -0.15) is 0 Å². The molecule has 67 heavy (non-hydrogen) atoms. The van der Waals surface area contributed by atoms with Crippen molar-refractivity contribution in [3.63, 3.8) is 0 Å². The van der Waals surface area contributed by atoms with E-state index in [0.29, 0.717) is 11.4 Å². The van der Waals surface area contributed by atoms with E-state index in [0.717, 1.165) is 66.9 Å². The number of aromatic hydroxyl groups is 1. The lowest BCUT2D eigenvalue weighted by atomic mass is 9.82. The van der Waals surface area contributed by atoms with E-state index in [2.05, 4.69) is 232 Å². The first-order valence-electron chi connectivity index (χ1n) is 23.7. The van der Waals surface area contributed by atoms with Crippen molar-refractivity contribution in [2.75, 3.05) is 0 Å². The van der Waals surface area contributed by atoms with Crippen LogP contribution in [0, 0.1) is 0 Å². The van der Waals surface area contributed by atoms with E-state index >= 15 is 0 Å². The highest BCUT2D eigenvalue weighted by Gasteiger charge is 2.37. The van der Waals surface area contributed by atoms with Gasteiger partial charge in [-0.1, -0.05) is 179 Å². The largest absolute Gasteiger partial charge is 0.507 e. The summed E-state index contributed by atoms with van der Waals surface area (Å²) in [7, 11) is 0. The van der Waals surface area contributed by atoms with Gasteiger partial charge in [-0.3, -0.25) is 9.55 Å². The number of rotatable bonds is 6. The Morgan fingerprint density at radius 2 is 1.10 bits per heavy atom. The maximum atomic E-state index is 12.3. The molecule has 0 fully saturated rings. The fourth-order valence-electron chi connectivity index (χ4n) is 10.0. The van der Waals surface area contributed by atoms with Crippen molar-refractivity contribution in [3.05, 3.63) is 192 Å². The molecule has 1 aliphatic carbocycles. The van der Waals surface area contributed by atoms with Crippen LogP contribution < -0.4 is 0 Å². The molecular weight excluding hydrogens is 815 g/mol. The van der Waals surface area contributed by atoms with Gasteiger partial charge in [0.2, 0.25) is 0 Å². The van der Waals surface area contributed by atoms with Gasteiger partial charge in [0.1, 0.15) is 11.6 Å². The van der Waals surface area contributed by atoms with Crippen LogP contribution in [0.2, 0.25) is 0 Å². The van der Waals surface area contributed by atoms with Gasteiger partial charge in [-0.25, -0.2) is 4.98 Å². The van der Waals surface area contributed by atoms with Gasteiger partial charge in [-0.05, 0) is 132 Å². The predicted octanol–water partition coefficient (Wildman–Crippen LogP) is 16.7. The summed E-state index contributed by atoms with van der Waals surface area (Å²) in [5.41, 5.74) is 20.1. The Hall–Kier alpha value is -7.04. The van der Waals surface area contributed by atoms with Crippen LogP contribution in [0.1, 0.15) is 104 Å². The molecule has 2 aromatic heterocycles. The second-order valence-electron chi connectivity index (χ2n) is 22.2. The minimum atomic E-state index is -0.264. The van der Waals surface area contributed by atoms with Gasteiger partial charge < -0.3 is 5.11 Å². The highest BCUT2D eigenvalue weighted by molar-refractivity contribution is 5.98. The van der Waals surface area contributed by atoms with E-state index in [9.17, 15) is 5.11 Å². The number of phenolic OH excluding ortho intramolecular Hbond substituents is 1. The zero-order valence-corrected chi connectivity index (χ0v) is 40.9. The highest BCUT2D eigenvalue weighted by Crippen LogP contribution is 2.52. The molecular formula is C63H61N3O. The number of nitrogens with zero attached hydrogens (tertiary/aromatic N) is 3. The topological polar surface area (TPSA) is 50.9 Å². The van der Waals surface area contributed by atoms with Crippen LogP contribution in [0.15, 0.2) is 164 Å². The van der Waals surface area contributed by atoms with Crippen LogP contribution in [0.3, 0.4) is 0 Å². The second-order valence-corrected chi connectivity index (χ2v) is 22.2. The van der Waals surface area contributed by atoms with Crippen LogP contribution in [0.25, 0.3) is 83.9 Å². The fraction of sp³-hybridized carbons (Fsp3) is 0.238. The molecule has 0 saturated carbocycles. The molecule has 334 valence electrons. The molecule has 1 aliphatic rings. The van der Waals surface area contributed by atoms with Crippen LogP contribution in [-0.4, -0.2) is 19.6 Å². The summed E-state index contributed by atoms with van der Waals surface area (Å²) in [4.78, 5) is 10.7. The molecule has 7 aromatic carbocycles. The molecule has 0 bridgehead atoms. The number of para-hydroxylation sites is 1. The number of imidazole rings is 1. The minimum absolute atomic E-state index is 0.0749. The molecule has 4 heteroatoms. The number of phenols is 1. The summed E-state index contributed by atoms with van der Waals surface area (Å²) in [6.07, 6.45) is 1.93. The first kappa shape index (κ1) is 43.8. The Morgan fingerprint density at radius 1 is 0.448 bits per heavy atom. The van der Waals surface area contributed by atoms with E-state index in [1.807, 2.05) is 12.3 Å². The zero-order valence-electron chi connectivity index (χ0n) is 40.9. The average Bonchev–Trinajstić information content (AvgIpc) is 3.79. The standard InChI is InChI=1S/C63H61N3O/c1-60(2,3)44-26-24-39(25-27-44)41-30-31-64-54(35-41)43-32-42(33-46(34-43)62(7,8)9)47-21-17-23-56-58(47)65-59(51-37-50-48-20-15-16-22-52(48)63(10,11)53(50)38-57(51)67)66(56)55-29-28-45(61(4,5)6)36-49(55)40-18-13-12-14-19-40/h12-38,67H,1-11H3. The van der Waals surface area contributed by atoms with Gasteiger partial charge in [0, 0.05) is 28.3 Å². The molecule has 1 N–H and O–H groups in total. The Balaban J connectivity index is 1.22. The molecule has 0 unspecified atom stereocenters. The molecule has 4 nitrogen and oxygen atoms in total. The number of aromatic nitrogens is 3. The number of benzene rings is 7. The quantitative estimate of drug-likeness (QED) is 0.181. The van der Waals surface area contributed by atoms with Crippen LogP contribution in [-0.2, 0) is 21.7 Å². The Bertz CT molecular complexity index is 3370.